The highest BCUT2D eigenvalue weighted by atomic mass is 16.7. The molecular formula is C19H34O9. The molecule has 0 amide bonds. The van der Waals surface area contributed by atoms with E-state index in [2.05, 4.69) is 0 Å². The second-order valence-corrected chi connectivity index (χ2v) is 8.61. The number of aliphatic hydroxyl groups is 7. The van der Waals surface area contributed by atoms with Gasteiger partial charge in [-0.25, -0.2) is 0 Å². The van der Waals surface area contributed by atoms with Crippen molar-refractivity contribution in [3.63, 3.8) is 0 Å². The zero-order valence-electron chi connectivity index (χ0n) is 16.5. The second kappa shape index (κ2) is 9.03. The van der Waals surface area contributed by atoms with Crippen LogP contribution in [-0.4, -0.2) is 97.5 Å². The fraction of sp³-hybridized carbons (Fsp3) is 0.895. The molecule has 1 aliphatic carbocycles. The van der Waals surface area contributed by atoms with Crippen LogP contribution in [0.25, 0.3) is 0 Å². The molecule has 0 bridgehead atoms. The predicted octanol–water partition coefficient (Wildman–Crippen LogP) is -1.73. The van der Waals surface area contributed by atoms with Crippen molar-refractivity contribution in [2.45, 2.75) is 82.1 Å². The lowest BCUT2D eigenvalue weighted by atomic mass is 9.59. The SMILES string of the molecule is CC1CC(OC2OC(CO)C(O)C(O)C2O)CC(C)(C)C1(O)C=CC(O)CO. The van der Waals surface area contributed by atoms with Gasteiger partial charge >= 0.3 is 0 Å². The van der Waals surface area contributed by atoms with Gasteiger partial charge in [0, 0.05) is 0 Å². The lowest BCUT2D eigenvalue weighted by Crippen LogP contribution is -2.61. The van der Waals surface area contributed by atoms with E-state index in [0.29, 0.717) is 12.8 Å². The molecule has 1 saturated carbocycles. The molecule has 2 aliphatic rings. The van der Waals surface area contributed by atoms with E-state index in [-0.39, 0.29) is 5.92 Å². The van der Waals surface area contributed by atoms with Gasteiger partial charge in [-0.15, -0.1) is 0 Å². The largest absolute Gasteiger partial charge is 0.394 e. The molecule has 2 rings (SSSR count). The molecule has 9 unspecified atom stereocenters. The predicted molar refractivity (Wildman–Crippen MR) is 98.0 cm³/mol. The van der Waals surface area contributed by atoms with E-state index in [1.807, 2.05) is 20.8 Å². The van der Waals surface area contributed by atoms with Crippen molar-refractivity contribution in [2.75, 3.05) is 13.2 Å². The lowest BCUT2D eigenvalue weighted by Gasteiger charge is -2.52. The highest BCUT2D eigenvalue weighted by Gasteiger charge is 2.53. The first-order valence-corrected chi connectivity index (χ1v) is 9.63. The normalized spacial score (nSPS) is 45.3. The minimum Gasteiger partial charge on any atom is -0.394 e. The minimum absolute atomic E-state index is 0.284. The Hall–Kier alpha value is -0.620. The van der Waals surface area contributed by atoms with Crippen LogP contribution >= 0.6 is 0 Å². The van der Waals surface area contributed by atoms with Gasteiger partial charge in [-0.1, -0.05) is 32.9 Å². The highest BCUT2D eigenvalue weighted by Crippen LogP contribution is 2.49. The summed E-state index contributed by atoms with van der Waals surface area (Å²) in [5.74, 6) is -0.284. The Morgan fingerprint density at radius 1 is 1.14 bits per heavy atom. The van der Waals surface area contributed by atoms with Gasteiger partial charge in [-0.3, -0.25) is 0 Å². The molecule has 9 nitrogen and oxygen atoms in total. The van der Waals surface area contributed by atoms with Crippen molar-refractivity contribution in [3.05, 3.63) is 12.2 Å². The van der Waals surface area contributed by atoms with Crippen LogP contribution in [0.4, 0.5) is 0 Å². The van der Waals surface area contributed by atoms with E-state index in [9.17, 15) is 30.6 Å². The molecule has 164 valence electrons. The minimum atomic E-state index is -1.51. The number of hydrogen-bond acceptors (Lipinski definition) is 9. The maximum Gasteiger partial charge on any atom is 0.186 e. The monoisotopic (exact) mass is 406 g/mol. The smallest absolute Gasteiger partial charge is 0.186 e. The maximum atomic E-state index is 11.2. The van der Waals surface area contributed by atoms with Crippen molar-refractivity contribution >= 4 is 0 Å². The molecule has 1 heterocycles. The zero-order valence-corrected chi connectivity index (χ0v) is 16.5. The van der Waals surface area contributed by atoms with Crippen molar-refractivity contribution < 1.29 is 45.2 Å². The Labute approximate surface area is 164 Å². The van der Waals surface area contributed by atoms with E-state index in [4.69, 9.17) is 14.6 Å². The summed E-state index contributed by atoms with van der Waals surface area (Å²) in [5.41, 5.74) is -1.92. The zero-order chi connectivity index (χ0) is 21.3. The van der Waals surface area contributed by atoms with Gasteiger partial charge in [-0.2, -0.15) is 0 Å². The fourth-order valence-electron chi connectivity index (χ4n) is 4.24. The van der Waals surface area contributed by atoms with Gasteiger partial charge in [0.05, 0.1) is 31.0 Å². The third-order valence-electron chi connectivity index (χ3n) is 6.12. The molecule has 0 aromatic carbocycles. The van der Waals surface area contributed by atoms with Crippen LogP contribution in [0, 0.1) is 11.3 Å². The molecule has 1 aliphatic heterocycles. The molecule has 0 aromatic heterocycles. The maximum absolute atomic E-state index is 11.2. The van der Waals surface area contributed by atoms with Crippen molar-refractivity contribution in [3.8, 4) is 0 Å². The lowest BCUT2D eigenvalue weighted by molar-refractivity contribution is -0.319. The second-order valence-electron chi connectivity index (χ2n) is 8.61. The van der Waals surface area contributed by atoms with E-state index < -0.39 is 67.1 Å². The van der Waals surface area contributed by atoms with Crippen molar-refractivity contribution in [1.29, 1.82) is 0 Å². The van der Waals surface area contributed by atoms with Gasteiger partial charge in [0.15, 0.2) is 6.29 Å². The molecule has 9 atom stereocenters. The molecule has 28 heavy (non-hydrogen) atoms. The Morgan fingerprint density at radius 2 is 1.79 bits per heavy atom. The molecule has 0 aromatic rings. The third kappa shape index (κ3) is 4.58. The molecule has 9 heteroatoms. The van der Waals surface area contributed by atoms with Crippen molar-refractivity contribution in [1.82, 2.24) is 0 Å². The highest BCUT2D eigenvalue weighted by molar-refractivity contribution is 5.15. The summed E-state index contributed by atoms with van der Waals surface area (Å²) in [7, 11) is 0. The quantitative estimate of drug-likeness (QED) is 0.254. The van der Waals surface area contributed by atoms with Gasteiger partial charge < -0.3 is 45.2 Å². The van der Waals surface area contributed by atoms with Crippen molar-refractivity contribution in [2.24, 2.45) is 11.3 Å². The third-order valence-corrected chi connectivity index (χ3v) is 6.12. The first-order chi connectivity index (χ1) is 13.0. The Kier molecular flexibility index (Phi) is 7.63. The molecule has 2 fully saturated rings. The van der Waals surface area contributed by atoms with E-state index in [1.54, 1.807) is 0 Å². The van der Waals surface area contributed by atoms with Gasteiger partial charge in [0.2, 0.25) is 0 Å². The van der Waals surface area contributed by atoms with Crippen LogP contribution in [-0.2, 0) is 9.47 Å². The molecule has 7 N–H and O–H groups in total. The Bertz CT molecular complexity index is 537. The summed E-state index contributed by atoms with van der Waals surface area (Å²) >= 11 is 0. The van der Waals surface area contributed by atoms with Gasteiger partial charge in [0.1, 0.15) is 24.4 Å². The summed E-state index contributed by atoms with van der Waals surface area (Å²) in [6, 6.07) is 0. The van der Waals surface area contributed by atoms with Gasteiger partial charge in [-0.05, 0) is 24.2 Å². The summed E-state index contributed by atoms with van der Waals surface area (Å²) in [4.78, 5) is 0. The van der Waals surface area contributed by atoms with Crippen LogP contribution in [0.2, 0.25) is 0 Å². The summed E-state index contributed by atoms with van der Waals surface area (Å²) < 4.78 is 11.3. The summed E-state index contributed by atoms with van der Waals surface area (Å²) in [6.07, 6.45) is -4.48. The van der Waals surface area contributed by atoms with E-state index in [1.165, 1.54) is 12.2 Å². The summed E-state index contributed by atoms with van der Waals surface area (Å²) in [5, 5.41) is 69.0. The number of hydrogen-bond donors (Lipinski definition) is 7. The molecular weight excluding hydrogens is 372 g/mol. The van der Waals surface area contributed by atoms with Crippen LogP contribution in [0.5, 0.6) is 0 Å². The number of rotatable bonds is 6. The average Bonchev–Trinajstić information content (AvgIpc) is 2.64. The number of ether oxygens (including phenoxy) is 2. The standard InChI is InChI=1S/C19H34O9/c1-10-6-12(7-18(2,3)19(10,26)5-4-11(22)8-20)27-17-16(25)15(24)14(23)13(9-21)28-17/h4-5,10-17,20-26H,6-9H2,1-3H3. The Morgan fingerprint density at radius 3 is 2.32 bits per heavy atom. The number of aliphatic hydroxyl groups excluding tert-OH is 6. The Balaban J connectivity index is 2.11. The van der Waals surface area contributed by atoms with Crippen LogP contribution in [0.15, 0.2) is 12.2 Å². The van der Waals surface area contributed by atoms with Crippen LogP contribution < -0.4 is 0 Å². The molecule has 1 saturated heterocycles. The van der Waals surface area contributed by atoms with Crippen LogP contribution in [0.3, 0.4) is 0 Å². The topological polar surface area (TPSA) is 160 Å². The fourth-order valence-corrected chi connectivity index (χ4v) is 4.24. The van der Waals surface area contributed by atoms with E-state index in [0.717, 1.165) is 0 Å². The van der Waals surface area contributed by atoms with E-state index >= 15 is 0 Å². The first kappa shape index (κ1) is 23.7. The summed E-state index contributed by atoms with van der Waals surface area (Å²) in [6.45, 7) is 4.56. The average molecular weight is 406 g/mol. The van der Waals surface area contributed by atoms with Gasteiger partial charge in [0.25, 0.3) is 0 Å². The molecule has 0 spiro atoms. The molecule has 0 radical (unpaired) electrons. The first-order valence-electron chi connectivity index (χ1n) is 9.63. The van der Waals surface area contributed by atoms with Crippen LogP contribution in [0.1, 0.15) is 33.6 Å².